The largest absolute Gasteiger partial charge is 0.396 e. The third-order valence-electron chi connectivity index (χ3n) is 5.01. The molecule has 2 saturated heterocycles. The predicted octanol–water partition coefficient (Wildman–Crippen LogP) is 0.599. The van der Waals surface area contributed by atoms with Crippen LogP contribution in [0, 0.1) is 11.3 Å². The Balaban J connectivity index is 2.10. The maximum atomic E-state index is 12.9. The predicted molar refractivity (Wildman–Crippen MR) is 87.8 cm³/mol. The highest BCUT2D eigenvalue weighted by Crippen LogP contribution is 2.33. The van der Waals surface area contributed by atoms with Gasteiger partial charge in [0.05, 0.1) is 6.61 Å². The molecule has 0 bridgehead atoms. The average molecular weight is 333 g/mol. The minimum absolute atomic E-state index is 0.0359. The molecule has 7 heteroatoms. The number of aliphatic hydroxyl groups excluding tert-OH is 1. The van der Waals surface area contributed by atoms with Crippen LogP contribution in [0.3, 0.4) is 0 Å². The van der Waals surface area contributed by atoms with E-state index in [0.717, 1.165) is 25.7 Å². The fourth-order valence-corrected chi connectivity index (χ4v) is 5.51. The van der Waals surface area contributed by atoms with Crippen LogP contribution in [-0.2, 0) is 10.2 Å². The summed E-state index contributed by atoms with van der Waals surface area (Å²) in [5.41, 5.74) is -0.335. The molecule has 22 heavy (non-hydrogen) atoms. The van der Waals surface area contributed by atoms with Crippen molar-refractivity contribution in [2.45, 2.75) is 32.6 Å². The second kappa shape index (κ2) is 7.13. The van der Waals surface area contributed by atoms with Gasteiger partial charge in [0.15, 0.2) is 0 Å². The molecule has 0 aromatic rings. The molecule has 0 radical (unpaired) electrons. The van der Waals surface area contributed by atoms with Crippen molar-refractivity contribution in [3.05, 3.63) is 0 Å². The van der Waals surface area contributed by atoms with E-state index >= 15 is 0 Å². The van der Waals surface area contributed by atoms with Crippen molar-refractivity contribution in [2.24, 2.45) is 11.3 Å². The molecule has 6 nitrogen and oxygen atoms in total. The Hall–Kier alpha value is -0.210. The zero-order chi connectivity index (χ0) is 16.4. The van der Waals surface area contributed by atoms with Crippen molar-refractivity contribution in [2.75, 3.05) is 53.4 Å². The molecule has 0 aliphatic carbocycles. The van der Waals surface area contributed by atoms with Crippen molar-refractivity contribution in [3.63, 3.8) is 0 Å². The summed E-state index contributed by atoms with van der Waals surface area (Å²) in [5.74, 6) is 0.609. The molecule has 2 aliphatic rings. The van der Waals surface area contributed by atoms with E-state index in [2.05, 4.69) is 6.92 Å². The van der Waals surface area contributed by atoms with Gasteiger partial charge in [0.25, 0.3) is 10.2 Å². The molecule has 0 saturated carbocycles. The Morgan fingerprint density at radius 3 is 2.36 bits per heavy atom. The van der Waals surface area contributed by atoms with Crippen molar-refractivity contribution in [1.82, 2.24) is 13.5 Å². The van der Waals surface area contributed by atoms with Crippen molar-refractivity contribution in [3.8, 4) is 0 Å². The SMILES string of the molecule is CC1CCN(S(=O)(=O)N2CCCC(CO)(CN(C)C)C2)CC1. The second-order valence-corrected chi connectivity index (χ2v) is 9.35. The maximum Gasteiger partial charge on any atom is 0.281 e. The summed E-state index contributed by atoms with van der Waals surface area (Å²) in [6.07, 6.45) is 3.58. The van der Waals surface area contributed by atoms with Gasteiger partial charge in [-0.1, -0.05) is 6.92 Å². The Labute approximate surface area is 135 Å². The number of rotatable bonds is 5. The molecule has 2 rings (SSSR count). The van der Waals surface area contributed by atoms with Crippen LogP contribution in [0.2, 0.25) is 0 Å². The van der Waals surface area contributed by atoms with Gasteiger partial charge in [-0.2, -0.15) is 17.0 Å². The Bertz CT molecular complexity index is 461. The summed E-state index contributed by atoms with van der Waals surface area (Å²) >= 11 is 0. The van der Waals surface area contributed by atoms with Crippen LogP contribution < -0.4 is 0 Å². The van der Waals surface area contributed by atoms with Gasteiger partial charge >= 0.3 is 0 Å². The molecule has 2 aliphatic heterocycles. The molecule has 1 atom stereocenters. The highest BCUT2D eigenvalue weighted by Gasteiger charge is 2.42. The van der Waals surface area contributed by atoms with Crippen LogP contribution >= 0.6 is 0 Å². The molecule has 0 aromatic heterocycles. The molecule has 0 amide bonds. The second-order valence-electron chi connectivity index (χ2n) is 7.42. The Kier molecular flexibility index (Phi) is 5.88. The summed E-state index contributed by atoms with van der Waals surface area (Å²) in [7, 11) is 0.550. The molecule has 130 valence electrons. The van der Waals surface area contributed by atoms with Crippen LogP contribution in [0.1, 0.15) is 32.6 Å². The zero-order valence-electron chi connectivity index (χ0n) is 14.2. The van der Waals surface area contributed by atoms with Crippen molar-refractivity contribution >= 4 is 10.2 Å². The van der Waals surface area contributed by atoms with Gasteiger partial charge in [-0.15, -0.1) is 0 Å². The van der Waals surface area contributed by atoms with Crippen LogP contribution in [0.4, 0.5) is 0 Å². The number of hydrogen-bond donors (Lipinski definition) is 1. The number of nitrogens with zero attached hydrogens (tertiary/aromatic N) is 3. The van der Waals surface area contributed by atoms with E-state index in [0.29, 0.717) is 38.6 Å². The van der Waals surface area contributed by atoms with Gasteiger partial charge in [-0.05, 0) is 45.7 Å². The van der Waals surface area contributed by atoms with Gasteiger partial charge in [0.1, 0.15) is 0 Å². The maximum absolute atomic E-state index is 12.9. The first-order chi connectivity index (χ1) is 10.3. The highest BCUT2D eigenvalue weighted by atomic mass is 32.2. The number of hydrogen-bond acceptors (Lipinski definition) is 4. The fourth-order valence-electron chi connectivity index (χ4n) is 3.72. The lowest BCUT2D eigenvalue weighted by atomic mass is 9.81. The summed E-state index contributed by atoms with van der Waals surface area (Å²) < 4.78 is 29.0. The van der Waals surface area contributed by atoms with Crippen molar-refractivity contribution < 1.29 is 13.5 Å². The first kappa shape index (κ1) is 18.1. The molecular formula is C15H31N3O3S. The third-order valence-corrected chi connectivity index (χ3v) is 6.99. The molecule has 0 spiro atoms. The molecule has 2 heterocycles. The third kappa shape index (κ3) is 4.00. The minimum atomic E-state index is -3.39. The van der Waals surface area contributed by atoms with Crippen LogP contribution in [0.15, 0.2) is 0 Å². The minimum Gasteiger partial charge on any atom is -0.396 e. The normalized spacial score (nSPS) is 30.0. The van der Waals surface area contributed by atoms with Crippen LogP contribution in [-0.4, -0.2) is 80.5 Å². The van der Waals surface area contributed by atoms with Gasteiger partial charge < -0.3 is 10.0 Å². The smallest absolute Gasteiger partial charge is 0.281 e. The van der Waals surface area contributed by atoms with E-state index < -0.39 is 10.2 Å². The number of aliphatic hydroxyl groups is 1. The van der Waals surface area contributed by atoms with Crippen LogP contribution in [0.25, 0.3) is 0 Å². The first-order valence-electron chi connectivity index (χ1n) is 8.30. The molecular weight excluding hydrogens is 302 g/mol. The molecule has 1 unspecified atom stereocenters. The van der Waals surface area contributed by atoms with Gasteiger partial charge in [-0.3, -0.25) is 0 Å². The first-order valence-corrected chi connectivity index (χ1v) is 9.70. The van der Waals surface area contributed by atoms with Crippen molar-refractivity contribution in [1.29, 1.82) is 0 Å². The van der Waals surface area contributed by atoms with Crippen LogP contribution in [0.5, 0.6) is 0 Å². The topological polar surface area (TPSA) is 64.1 Å². The summed E-state index contributed by atoms with van der Waals surface area (Å²) in [6.45, 7) is 5.18. The Morgan fingerprint density at radius 2 is 1.82 bits per heavy atom. The van der Waals surface area contributed by atoms with E-state index in [1.807, 2.05) is 19.0 Å². The van der Waals surface area contributed by atoms with E-state index in [1.54, 1.807) is 8.61 Å². The lowest BCUT2D eigenvalue weighted by molar-refractivity contribution is 0.0386. The van der Waals surface area contributed by atoms with E-state index in [4.69, 9.17) is 0 Å². The summed E-state index contributed by atoms with van der Waals surface area (Å²) in [5, 5.41) is 9.86. The summed E-state index contributed by atoms with van der Waals surface area (Å²) in [6, 6.07) is 0. The van der Waals surface area contributed by atoms with E-state index in [9.17, 15) is 13.5 Å². The summed E-state index contributed by atoms with van der Waals surface area (Å²) in [4.78, 5) is 2.04. The Morgan fingerprint density at radius 1 is 1.18 bits per heavy atom. The van der Waals surface area contributed by atoms with Gasteiger partial charge in [0, 0.05) is 38.1 Å². The van der Waals surface area contributed by atoms with E-state index in [1.165, 1.54) is 0 Å². The standard InChI is InChI=1S/C15H31N3O3S/c1-14-5-9-17(10-6-14)22(20,21)18-8-4-7-15(12-18,13-19)11-16(2)3/h14,19H,4-13H2,1-3H3. The average Bonchev–Trinajstić information content (AvgIpc) is 2.47. The van der Waals surface area contributed by atoms with Gasteiger partial charge in [0.2, 0.25) is 0 Å². The number of piperidine rings is 2. The quantitative estimate of drug-likeness (QED) is 0.800. The molecule has 0 aromatic carbocycles. The zero-order valence-corrected chi connectivity index (χ0v) is 15.0. The van der Waals surface area contributed by atoms with E-state index in [-0.39, 0.29) is 12.0 Å². The lowest BCUT2D eigenvalue weighted by Gasteiger charge is -2.44. The monoisotopic (exact) mass is 333 g/mol. The fraction of sp³-hybridized carbons (Fsp3) is 1.00. The van der Waals surface area contributed by atoms with Gasteiger partial charge in [-0.25, -0.2) is 0 Å². The molecule has 2 fully saturated rings. The highest BCUT2D eigenvalue weighted by molar-refractivity contribution is 7.86. The lowest BCUT2D eigenvalue weighted by Crippen LogP contribution is -2.55. The molecule has 1 N–H and O–H groups in total.